The van der Waals surface area contributed by atoms with Crippen molar-refractivity contribution in [1.82, 2.24) is 5.32 Å². The van der Waals surface area contributed by atoms with Crippen LogP contribution in [0.1, 0.15) is 60.3 Å². The minimum atomic E-state index is -0.633. The molecule has 0 radical (unpaired) electrons. The van der Waals surface area contributed by atoms with Gasteiger partial charge in [-0.1, -0.05) is 13.3 Å². The molecule has 0 heterocycles. The second-order valence-electron chi connectivity index (χ2n) is 5.57. The van der Waals surface area contributed by atoms with Gasteiger partial charge in [-0.3, -0.25) is 4.79 Å². The van der Waals surface area contributed by atoms with Crippen LogP contribution in [0.2, 0.25) is 0 Å². The molecule has 0 rings (SSSR count). The number of nitrogens with one attached hydrogen (secondary N) is 1. The predicted octanol–water partition coefficient (Wildman–Crippen LogP) is 2.21. The molecule has 0 saturated heterocycles. The molecular formula is C14H30N2O2. The van der Waals surface area contributed by atoms with Crippen molar-refractivity contribution in [2.45, 2.75) is 78.0 Å². The Morgan fingerprint density at radius 2 is 2.00 bits per heavy atom. The summed E-state index contributed by atoms with van der Waals surface area (Å²) in [5.41, 5.74) is 4.83. The van der Waals surface area contributed by atoms with Gasteiger partial charge in [-0.25, -0.2) is 0 Å². The lowest BCUT2D eigenvalue weighted by atomic mass is 9.94. The molecule has 0 aromatic heterocycles. The third-order valence-corrected chi connectivity index (χ3v) is 3.07. The summed E-state index contributed by atoms with van der Waals surface area (Å²) in [6.45, 7) is 10.8. The van der Waals surface area contributed by atoms with Crippen LogP contribution in [0.15, 0.2) is 0 Å². The van der Waals surface area contributed by atoms with Gasteiger partial charge in [-0.2, -0.15) is 0 Å². The van der Waals surface area contributed by atoms with Crippen LogP contribution in [0.4, 0.5) is 0 Å². The molecule has 3 N–H and O–H groups in total. The van der Waals surface area contributed by atoms with Crippen molar-refractivity contribution < 1.29 is 9.53 Å². The summed E-state index contributed by atoms with van der Waals surface area (Å²) in [7, 11) is 0. The van der Waals surface area contributed by atoms with E-state index in [2.05, 4.69) is 19.2 Å². The van der Waals surface area contributed by atoms with E-state index in [1.54, 1.807) is 0 Å². The summed E-state index contributed by atoms with van der Waals surface area (Å²) in [5.74, 6) is -0.294. The molecule has 108 valence electrons. The van der Waals surface area contributed by atoms with Gasteiger partial charge < -0.3 is 15.8 Å². The fraction of sp³-hybridized carbons (Fsp3) is 0.929. The Hall–Kier alpha value is -0.610. The van der Waals surface area contributed by atoms with Gasteiger partial charge in [0, 0.05) is 12.6 Å². The Labute approximate surface area is 112 Å². The Balaban J connectivity index is 4.02. The van der Waals surface area contributed by atoms with Gasteiger partial charge in [0.15, 0.2) is 0 Å². The van der Waals surface area contributed by atoms with Crippen molar-refractivity contribution in [2.75, 3.05) is 6.61 Å². The van der Waals surface area contributed by atoms with E-state index in [0.717, 1.165) is 19.3 Å². The number of ether oxygens (including phenoxy) is 1. The maximum Gasteiger partial charge on any atom is 0.237 e. The Bertz CT molecular complexity index is 244. The van der Waals surface area contributed by atoms with Crippen molar-refractivity contribution in [3.63, 3.8) is 0 Å². The molecule has 0 aromatic carbocycles. The van der Waals surface area contributed by atoms with Crippen molar-refractivity contribution in [1.29, 1.82) is 0 Å². The van der Waals surface area contributed by atoms with Gasteiger partial charge in [0.1, 0.15) is 0 Å². The lowest BCUT2D eigenvalue weighted by Gasteiger charge is -2.30. The topological polar surface area (TPSA) is 64.3 Å². The molecule has 4 nitrogen and oxygen atoms in total. The molecule has 0 fully saturated rings. The lowest BCUT2D eigenvalue weighted by molar-refractivity contribution is -0.124. The largest absolute Gasteiger partial charge is 0.379 e. The average Bonchev–Trinajstić information content (AvgIpc) is 2.23. The van der Waals surface area contributed by atoms with Gasteiger partial charge in [0.05, 0.1) is 11.6 Å². The zero-order valence-electron chi connectivity index (χ0n) is 12.6. The number of hydrogen-bond acceptors (Lipinski definition) is 3. The second-order valence-corrected chi connectivity index (χ2v) is 5.57. The summed E-state index contributed by atoms with van der Waals surface area (Å²) in [6, 6.07) is 0.238. The molecule has 0 bridgehead atoms. The molecule has 4 heteroatoms. The van der Waals surface area contributed by atoms with Crippen LogP contribution in [-0.2, 0) is 9.53 Å². The smallest absolute Gasteiger partial charge is 0.237 e. The highest BCUT2D eigenvalue weighted by Gasteiger charge is 2.30. The van der Waals surface area contributed by atoms with Crippen molar-refractivity contribution in [3.05, 3.63) is 0 Å². The molecule has 0 aromatic rings. The van der Waals surface area contributed by atoms with Crippen molar-refractivity contribution in [3.8, 4) is 0 Å². The molecule has 18 heavy (non-hydrogen) atoms. The Morgan fingerprint density at radius 3 is 2.44 bits per heavy atom. The van der Waals surface area contributed by atoms with E-state index in [0.29, 0.717) is 19.1 Å². The number of carbonyl (C=O) groups is 1. The molecule has 2 atom stereocenters. The van der Waals surface area contributed by atoms with Crippen molar-refractivity contribution >= 4 is 5.91 Å². The van der Waals surface area contributed by atoms with E-state index in [9.17, 15) is 4.79 Å². The summed E-state index contributed by atoms with van der Waals surface area (Å²) in [6.07, 6.45) is 4.06. The molecule has 0 spiro atoms. The summed E-state index contributed by atoms with van der Waals surface area (Å²) >= 11 is 0. The molecule has 0 aliphatic rings. The van der Waals surface area contributed by atoms with Crippen LogP contribution in [0.5, 0.6) is 0 Å². The number of primary amides is 1. The van der Waals surface area contributed by atoms with E-state index in [1.807, 2.05) is 20.8 Å². The highest BCUT2D eigenvalue weighted by atomic mass is 16.5. The molecule has 0 saturated carbocycles. The van der Waals surface area contributed by atoms with Crippen LogP contribution >= 0.6 is 0 Å². The fourth-order valence-electron chi connectivity index (χ4n) is 2.10. The molecular weight excluding hydrogens is 228 g/mol. The highest BCUT2D eigenvalue weighted by Crippen LogP contribution is 2.14. The van der Waals surface area contributed by atoms with Crippen LogP contribution in [0.25, 0.3) is 0 Å². The van der Waals surface area contributed by atoms with Gasteiger partial charge in [0.25, 0.3) is 0 Å². The number of nitrogens with two attached hydrogens (primary N) is 1. The third kappa shape index (κ3) is 6.97. The maximum atomic E-state index is 11.5. The summed E-state index contributed by atoms with van der Waals surface area (Å²) in [4.78, 5) is 11.5. The van der Waals surface area contributed by atoms with E-state index < -0.39 is 5.54 Å². The summed E-state index contributed by atoms with van der Waals surface area (Å²) < 4.78 is 5.68. The number of rotatable bonds is 10. The van der Waals surface area contributed by atoms with Crippen LogP contribution in [0, 0.1) is 0 Å². The highest BCUT2D eigenvalue weighted by molar-refractivity contribution is 5.84. The van der Waals surface area contributed by atoms with E-state index in [4.69, 9.17) is 10.5 Å². The number of carbonyl (C=O) groups excluding carboxylic acids is 1. The van der Waals surface area contributed by atoms with Gasteiger partial charge in [0.2, 0.25) is 5.91 Å². The first-order chi connectivity index (χ1) is 8.31. The fourth-order valence-corrected chi connectivity index (χ4v) is 2.10. The number of amides is 1. The zero-order valence-corrected chi connectivity index (χ0v) is 12.6. The monoisotopic (exact) mass is 258 g/mol. The zero-order chi connectivity index (χ0) is 14.2. The molecule has 2 unspecified atom stereocenters. The van der Waals surface area contributed by atoms with Gasteiger partial charge in [-0.05, 0) is 47.0 Å². The molecule has 0 aliphatic carbocycles. The van der Waals surface area contributed by atoms with E-state index >= 15 is 0 Å². The van der Waals surface area contributed by atoms with E-state index in [1.165, 1.54) is 0 Å². The van der Waals surface area contributed by atoms with Crippen LogP contribution in [-0.4, -0.2) is 30.2 Å². The molecule has 1 amide bonds. The Kier molecular flexibility index (Phi) is 8.20. The quantitative estimate of drug-likeness (QED) is 0.591. The first-order valence-electron chi connectivity index (χ1n) is 7.01. The first kappa shape index (κ1) is 17.4. The molecule has 0 aliphatic heterocycles. The first-order valence-corrected chi connectivity index (χ1v) is 7.01. The second kappa shape index (κ2) is 8.48. The van der Waals surface area contributed by atoms with E-state index in [-0.39, 0.29) is 11.9 Å². The normalized spacial score (nSPS) is 16.6. The summed E-state index contributed by atoms with van der Waals surface area (Å²) in [5, 5.41) is 3.24. The Morgan fingerprint density at radius 1 is 1.39 bits per heavy atom. The maximum absolute atomic E-state index is 11.5. The van der Waals surface area contributed by atoms with Crippen LogP contribution < -0.4 is 11.1 Å². The third-order valence-electron chi connectivity index (χ3n) is 3.07. The number of hydrogen-bond donors (Lipinski definition) is 2. The average molecular weight is 258 g/mol. The van der Waals surface area contributed by atoms with Gasteiger partial charge in [-0.15, -0.1) is 0 Å². The minimum absolute atomic E-state index is 0.238. The van der Waals surface area contributed by atoms with Gasteiger partial charge >= 0.3 is 0 Å². The lowest BCUT2D eigenvalue weighted by Crippen LogP contribution is -2.55. The SMILES string of the molecule is CCCC(C)OCCCC(C)(NC(C)C)C(N)=O. The van der Waals surface area contributed by atoms with Crippen LogP contribution in [0.3, 0.4) is 0 Å². The van der Waals surface area contributed by atoms with Crippen molar-refractivity contribution in [2.24, 2.45) is 5.73 Å². The standard InChI is InChI=1S/C14H30N2O2/c1-6-8-12(4)18-10-7-9-14(5,13(15)17)16-11(2)3/h11-12,16H,6-10H2,1-5H3,(H2,15,17). The predicted molar refractivity (Wildman–Crippen MR) is 75.4 cm³/mol. The minimum Gasteiger partial charge on any atom is -0.379 e.